The summed E-state index contributed by atoms with van der Waals surface area (Å²) in [7, 11) is 0. The fraction of sp³-hybridized carbons (Fsp3) is 0.0800. The van der Waals surface area contributed by atoms with Crippen LogP contribution >= 0.6 is 39.1 Å². The Hall–Kier alpha value is -3.40. The molecule has 0 spiro atoms. The number of carbonyl (C=O) groups is 3. The molecule has 7 nitrogen and oxygen atoms in total. The molecule has 0 saturated carbocycles. The fourth-order valence-electron chi connectivity index (χ4n) is 3.32. The maximum Gasteiger partial charge on any atom is 0.329 e. The number of nitrogens with zero attached hydrogens (tertiary/aromatic N) is 1. The number of hydrogen-bond acceptors (Lipinski definition) is 4. The highest BCUT2D eigenvalue weighted by Gasteiger charge is 2.35. The van der Waals surface area contributed by atoms with Gasteiger partial charge in [-0.05, 0) is 54.1 Å². The van der Waals surface area contributed by atoms with Crippen LogP contribution in [0.25, 0.3) is 6.08 Å². The highest BCUT2D eigenvalue weighted by atomic mass is 79.9. The molecule has 1 heterocycles. The number of ether oxygens (including phenoxy) is 1. The largest absolute Gasteiger partial charge is 0.488 e. The van der Waals surface area contributed by atoms with Crippen molar-refractivity contribution < 1.29 is 23.5 Å². The van der Waals surface area contributed by atoms with Crippen LogP contribution in [-0.4, -0.2) is 29.3 Å². The number of halogens is 4. The van der Waals surface area contributed by atoms with Crippen LogP contribution in [0, 0.1) is 5.82 Å². The first kappa shape index (κ1) is 25.7. The number of hydrogen-bond donors (Lipinski definition) is 2. The predicted octanol–water partition coefficient (Wildman–Crippen LogP) is 6.01. The van der Waals surface area contributed by atoms with Crippen molar-refractivity contribution in [3.63, 3.8) is 0 Å². The molecule has 4 rings (SSSR count). The first-order chi connectivity index (χ1) is 17.2. The summed E-state index contributed by atoms with van der Waals surface area (Å²) < 4.78 is 20.4. The minimum absolute atomic E-state index is 0.0452. The van der Waals surface area contributed by atoms with E-state index >= 15 is 0 Å². The van der Waals surface area contributed by atoms with E-state index in [2.05, 4.69) is 26.6 Å². The molecule has 0 radical (unpaired) electrons. The molecule has 0 aliphatic carbocycles. The van der Waals surface area contributed by atoms with Gasteiger partial charge in [0.2, 0.25) is 5.91 Å². The van der Waals surface area contributed by atoms with E-state index in [1.165, 1.54) is 24.3 Å². The quantitative estimate of drug-likeness (QED) is 0.260. The highest BCUT2D eigenvalue weighted by Crippen LogP contribution is 2.28. The van der Waals surface area contributed by atoms with Gasteiger partial charge in [-0.1, -0.05) is 57.3 Å². The van der Waals surface area contributed by atoms with Crippen LogP contribution in [0.5, 0.6) is 5.75 Å². The number of carbonyl (C=O) groups excluding carboxylic acids is 3. The predicted molar refractivity (Wildman–Crippen MR) is 138 cm³/mol. The van der Waals surface area contributed by atoms with E-state index in [1.54, 1.807) is 42.5 Å². The highest BCUT2D eigenvalue weighted by molar-refractivity contribution is 9.10. The molecule has 36 heavy (non-hydrogen) atoms. The van der Waals surface area contributed by atoms with E-state index in [-0.39, 0.29) is 18.0 Å². The topological polar surface area (TPSA) is 87.7 Å². The number of urea groups is 1. The molecule has 3 aromatic carbocycles. The first-order valence-corrected chi connectivity index (χ1v) is 12.0. The maximum atomic E-state index is 13.8. The molecule has 0 unspecified atom stereocenters. The van der Waals surface area contributed by atoms with Crippen LogP contribution in [0.2, 0.25) is 10.0 Å². The van der Waals surface area contributed by atoms with Gasteiger partial charge in [-0.15, -0.1) is 0 Å². The van der Waals surface area contributed by atoms with Crippen molar-refractivity contribution in [2.24, 2.45) is 0 Å². The van der Waals surface area contributed by atoms with Crippen molar-refractivity contribution in [1.82, 2.24) is 10.2 Å². The molecule has 1 saturated heterocycles. The van der Waals surface area contributed by atoms with Crippen molar-refractivity contribution in [3.8, 4) is 5.75 Å². The second-order valence-corrected chi connectivity index (χ2v) is 9.36. The summed E-state index contributed by atoms with van der Waals surface area (Å²) >= 11 is 15.4. The Morgan fingerprint density at radius 3 is 2.61 bits per heavy atom. The van der Waals surface area contributed by atoms with Crippen molar-refractivity contribution in [2.75, 3.05) is 11.9 Å². The normalized spacial score (nSPS) is 14.2. The number of imide groups is 1. The van der Waals surface area contributed by atoms with Gasteiger partial charge in [0.15, 0.2) is 0 Å². The number of para-hydroxylation sites is 1. The lowest BCUT2D eigenvalue weighted by Crippen LogP contribution is -2.38. The third-order valence-corrected chi connectivity index (χ3v) is 6.29. The summed E-state index contributed by atoms with van der Waals surface area (Å²) in [4.78, 5) is 38.3. The monoisotopic (exact) mass is 591 g/mol. The van der Waals surface area contributed by atoms with Gasteiger partial charge in [-0.3, -0.25) is 9.59 Å². The molecule has 3 aromatic rings. The number of amides is 4. The lowest BCUT2D eigenvalue weighted by molar-refractivity contribution is -0.127. The van der Waals surface area contributed by atoms with Crippen LogP contribution < -0.4 is 15.4 Å². The maximum absolute atomic E-state index is 13.8. The van der Waals surface area contributed by atoms with E-state index < -0.39 is 30.2 Å². The molecular formula is C25H17BrCl2FN3O4. The SMILES string of the molecule is O=C(CN1C(=O)N/C(=C/c2cc(Br)ccc2OCc2ccc(Cl)c(Cl)c2)C1=O)Nc1ccccc1F. The third-order valence-electron chi connectivity index (χ3n) is 5.06. The van der Waals surface area contributed by atoms with Gasteiger partial charge < -0.3 is 15.4 Å². The fourth-order valence-corrected chi connectivity index (χ4v) is 4.02. The zero-order chi connectivity index (χ0) is 25.8. The van der Waals surface area contributed by atoms with Gasteiger partial charge >= 0.3 is 6.03 Å². The summed E-state index contributed by atoms with van der Waals surface area (Å²) in [6.07, 6.45) is 1.45. The summed E-state index contributed by atoms with van der Waals surface area (Å²) in [6, 6.07) is 15.1. The molecule has 2 N–H and O–H groups in total. The number of rotatable bonds is 7. The Morgan fingerprint density at radius 1 is 1.08 bits per heavy atom. The van der Waals surface area contributed by atoms with Crippen molar-refractivity contribution in [3.05, 3.63) is 97.8 Å². The zero-order valence-corrected chi connectivity index (χ0v) is 21.5. The lowest BCUT2D eigenvalue weighted by atomic mass is 10.1. The first-order valence-electron chi connectivity index (χ1n) is 10.5. The zero-order valence-electron chi connectivity index (χ0n) is 18.4. The molecule has 1 aliphatic rings. The Bertz CT molecular complexity index is 1400. The molecule has 0 atom stereocenters. The van der Waals surface area contributed by atoms with E-state index in [1.807, 2.05) is 0 Å². The van der Waals surface area contributed by atoms with Crippen molar-refractivity contribution in [1.29, 1.82) is 0 Å². The molecule has 0 aromatic heterocycles. The van der Waals surface area contributed by atoms with Gasteiger partial charge in [0, 0.05) is 10.0 Å². The van der Waals surface area contributed by atoms with E-state index in [4.69, 9.17) is 27.9 Å². The summed E-state index contributed by atoms with van der Waals surface area (Å²) in [5.41, 5.74) is 1.19. The number of nitrogens with one attached hydrogen (secondary N) is 2. The molecule has 1 fully saturated rings. The minimum Gasteiger partial charge on any atom is -0.488 e. The van der Waals surface area contributed by atoms with E-state index in [9.17, 15) is 18.8 Å². The van der Waals surface area contributed by atoms with Crippen molar-refractivity contribution >= 4 is 68.7 Å². The minimum atomic E-state index is -0.775. The number of anilines is 1. The average molecular weight is 593 g/mol. The van der Waals surface area contributed by atoms with Crippen LogP contribution in [0.1, 0.15) is 11.1 Å². The third kappa shape index (κ3) is 6.04. The molecular weight excluding hydrogens is 576 g/mol. The van der Waals surface area contributed by atoms with Gasteiger partial charge in [0.25, 0.3) is 5.91 Å². The summed E-state index contributed by atoms with van der Waals surface area (Å²) in [5, 5.41) is 5.63. The lowest BCUT2D eigenvalue weighted by Gasteiger charge is -2.12. The summed E-state index contributed by atoms with van der Waals surface area (Å²) in [5.74, 6) is -1.63. The second-order valence-electron chi connectivity index (χ2n) is 7.63. The Morgan fingerprint density at radius 2 is 1.86 bits per heavy atom. The smallest absolute Gasteiger partial charge is 0.329 e. The van der Waals surface area contributed by atoms with Crippen LogP contribution in [0.3, 0.4) is 0 Å². The Labute approximate surface area is 224 Å². The molecule has 11 heteroatoms. The molecule has 184 valence electrons. The van der Waals surface area contributed by atoms with Gasteiger partial charge in [0.1, 0.15) is 30.4 Å². The second kappa shape index (κ2) is 11.1. The van der Waals surface area contributed by atoms with Crippen LogP contribution in [-0.2, 0) is 16.2 Å². The van der Waals surface area contributed by atoms with Gasteiger partial charge in [0.05, 0.1) is 15.7 Å². The average Bonchev–Trinajstić information content (AvgIpc) is 3.09. The Kier molecular flexibility index (Phi) is 7.93. The molecule has 4 amide bonds. The molecule has 1 aliphatic heterocycles. The van der Waals surface area contributed by atoms with Crippen LogP contribution in [0.4, 0.5) is 14.9 Å². The molecule has 0 bridgehead atoms. The van der Waals surface area contributed by atoms with Crippen LogP contribution in [0.15, 0.2) is 70.8 Å². The summed E-state index contributed by atoms with van der Waals surface area (Å²) in [6.45, 7) is -0.410. The standard InChI is InChI=1S/C25H17BrCl2FN3O4/c26-16-6-8-22(36-13-14-5-7-17(27)18(28)9-14)15(10-16)11-21-24(34)32(25(35)31-21)12-23(33)30-20-4-2-1-3-19(20)29/h1-11H,12-13H2,(H,30,33)(H,31,35)/b21-11+. The van der Waals surface area contributed by atoms with Gasteiger partial charge in [-0.2, -0.15) is 0 Å². The van der Waals surface area contributed by atoms with E-state index in [0.29, 0.717) is 25.8 Å². The van der Waals surface area contributed by atoms with Gasteiger partial charge in [-0.25, -0.2) is 14.1 Å². The number of benzene rings is 3. The van der Waals surface area contributed by atoms with Crippen molar-refractivity contribution in [2.45, 2.75) is 6.61 Å². The Balaban J connectivity index is 1.49. The van der Waals surface area contributed by atoms with E-state index in [0.717, 1.165) is 10.5 Å².